The molecule has 0 saturated heterocycles. The molecule has 1 heterocycles. The topological polar surface area (TPSA) is 110 Å². The normalized spacial score (nSPS) is 13.3. The lowest BCUT2D eigenvalue weighted by atomic mass is 10.1. The largest absolute Gasteiger partial charge is 0.492 e. The molecule has 158 valence electrons. The van der Waals surface area contributed by atoms with Gasteiger partial charge in [0.1, 0.15) is 11.5 Å². The monoisotopic (exact) mass is 430 g/mol. The second kappa shape index (κ2) is 9.08. The molecule has 0 radical (unpaired) electrons. The molecule has 0 saturated carbocycles. The summed E-state index contributed by atoms with van der Waals surface area (Å²) in [5, 5.41) is 2.55. The highest BCUT2D eigenvalue weighted by Gasteiger charge is 2.34. The first-order valence-electron chi connectivity index (χ1n) is 9.49. The third-order valence-electron chi connectivity index (χ3n) is 4.53. The van der Waals surface area contributed by atoms with Crippen LogP contribution in [0.25, 0.3) is 0 Å². The van der Waals surface area contributed by atoms with Crippen molar-refractivity contribution in [3.8, 4) is 5.75 Å². The number of rotatable bonds is 9. The summed E-state index contributed by atoms with van der Waals surface area (Å²) >= 11 is 0. The van der Waals surface area contributed by atoms with Crippen LogP contribution in [0.5, 0.6) is 5.75 Å². The van der Waals surface area contributed by atoms with Gasteiger partial charge in [0.15, 0.2) is 9.84 Å². The number of hydrogen-bond donors (Lipinski definition) is 1. The van der Waals surface area contributed by atoms with E-state index in [9.17, 15) is 22.8 Å². The lowest BCUT2D eigenvalue weighted by Crippen LogP contribution is -2.32. The van der Waals surface area contributed by atoms with E-state index in [1.165, 1.54) is 0 Å². The van der Waals surface area contributed by atoms with Crippen molar-refractivity contribution >= 4 is 33.2 Å². The number of carbonyl (C=O) groups excluding carboxylic acids is 3. The summed E-state index contributed by atoms with van der Waals surface area (Å²) in [5.41, 5.74) is 1.03. The predicted octanol–water partition coefficient (Wildman–Crippen LogP) is 2.12. The minimum Gasteiger partial charge on any atom is -0.492 e. The number of hydrogen-bond acceptors (Lipinski definition) is 6. The molecule has 0 atom stereocenters. The smallest absolute Gasteiger partial charge is 0.261 e. The molecule has 0 spiro atoms. The zero-order valence-electron chi connectivity index (χ0n) is 16.5. The molecule has 1 aliphatic rings. The highest BCUT2D eigenvalue weighted by atomic mass is 32.2. The van der Waals surface area contributed by atoms with Crippen molar-refractivity contribution in [2.75, 3.05) is 30.0 Å². The number of sulfone groups is 1. The number of ether oxygens (including phenoxy) is 1. The minimum atomic E-state index is -3.72. The van der Waals surface area contributed by atoms with Crippen LogP contribution >= 0.6 is 0 Å². The third kappa shape index (κ3) is 4.85. The molecule has 0 fully saturated rings. The van der Waals surface area contributed by atoms with Crippen LogP contribution in [0.15, 0.2) is 48.5 Å². The molecule has 3 rings (SSSR count). The molecule has 30 heavy (non-hydrogen) atoms. The second-order valence-corrected chi connectivity index (χ2v) is 8.91. The Labute approximate surface area is 174 Å². The van der Waals surface area contributed by atoms with Crippen LogP contribution in [-0.2, 0) is 14.6 Å². The third-order valence-corrected chi connectivity index (χ3v) is 6.14. The van der Waals surface area contributed by atoms with Gasteiger partial charge in [-0.3, -0.25) is 19.3 Å². The highest BCUT2D eigenvalue weighted by molar-refractivity contribution is 7.92. The van der Waals surface area contributed by atoms with Gasteiger partial charge in [-0.25, -0.2) is 8.42 Å². The first kappa shape index (κ1) is 21.5. The molecule has 8 nitrogen and oxygen atoms in total. The average molecular weight is 430 g/mol. The molecular weight excluding hydrogens is 408 g/mol. The maximum atomic E-state index is 12.3. The Morgan fingerprint density at radius 2 is 1.60 bits per heavy atom. The summed E-state index contributed by atoms with van der Waals surface area (Å²) in [7, 11) is -3.72. The maximum Gasteiger partial charge on any atom is 0.261 e. The number of fused-ring (bicyclic) bond motifs is 1. The Morgan fingerprint density at radius 3 is 2.23 bits per heavy atom. The van der Waals surface area contributed by atoms with Gasteiger partial charge in [-0.15, -0.1) is 0 Å². The molecule has 1 aliphatic heterocycles. The Balaban J connectivity index is 1.53. The number of carbonyl (C=O) groups is 3. The van der Waals surface area contributed by atoms with Crippen molar-refractivity contribution in [3.63, 3.8) is 0 Å². The van der Waals surface area contributed by atoms with Gasteiger partial charge in [-0.05, 0) is 37.6 Å². The van der Waals surface area contributed by atoms with Gasteiger partial charge in [-0.1, -0.05) is 24.3 Å². The number of anilines is 1. The predicted molar refractivity (Wildman–Crippen MR) is 111 cm³/mol. The van der Waals surface area contributed by atoms with E-state index in [1.54, 1.807) is 55.5 Å². The molecule has 1 N–H and O–H groups in total. The Morgan fingerprint density at radius 1 is 1.00 bits per heavy atom. The maximum absolute atomic E-state index is 12.3. The molecule has 0 aromatic heterocycles. The average Bonchev–Trinajstić information content (AvgIpc) is 2.94. The SMILES string of the molecule is CCOc1ccccc1NC(=O)CS(=O)(=O)CCCN1C(=O)c2ccccc2C1=O. The molecule has 0 unspecified atom stereocenters. The van der Waals surface area contributed by atoms with E-state index in [2.05, 4.69) is 5.32 Å². The summed E-state index contributed by atoms with van der Waals surface area (Å²) in [6.07, 6.45) is 0.0522. The number of nitrogens with zero attached hydrogens (tertiary/aromatic N) is 1. The lowest BCUT2D eigenvalue weighted by Gasteiger charge is -2.14. The molecule has 0 aliphatic carbocycles. The van der Waals surface area contributed by atoms with Gasteiger partial charge in [0.25, 0.3) is 11.8 Å². The number of nitrogens with one attached hydrogen (secondary N) is 1. The summed E-state index contributed by atoms with van der Waals surface area (Å²) in [4.78, 5) is 37.8. The van der Waals surface area contributed by atoms with Crippen molar-refractivity contribution in [2.45, 2.75) is 13.3 Å². The summed E-state index contributed by atoms with van der Waals surface area (Å²) < 4.78 is 30.0. The van der Waals surface area contributed by atoms with E-state index in [-0.39, 0.29) is 18.7 Å². The summed E-state index contributed by atoms with van der Waals surface area (Å²) in [6.45, 7) is 2.18. The molecule has 2 aromatic carbocycles. The second-order valence-electron chi connectivity index (χ2n) is 6.73. The zero-order valence-corrected chi connectivity index (χ0v) is 17.3. The van der Waals surface area contributed by atoms with Gasteiger partial charge in [0, 0.05) is 6.54 Å². The van der Waals surface area contributed by atoms with E-state index in [1.807, 2.05) is 0 Å². The van der Waals surface area contributed by atoms with Gasteiger partial charge >= 0.3 is 0 Å². The van der Waals surface area contributed by atoms with Gasteiger partial charge in [0.2, 0.25) is 5.91 Å². The van der Waals surface area contributed by atoms with Crippen molar-refractivity contribution in [1.29, 1.82) is 0 Å². The van der Waals surface area contributed by atoms with E-state index >= 15 is 0 Å². The van der Waals surface area contributed by atoms with E-state index in [0.29, 0.717) is 29.2 Å². The number of amides is 3. The standard InChI is InChI=1S/C21H22N2O6S/c1-2-29-18-11-6-5-10-17(18)22-19(24)14-30(27,28)13-7-12-23-20(25)15-8-3-4-9-16(15)21(23)26/h3-6,8-11H,2,7,12-14H2,1H3,(H,22,24). The van der Waals surface area contributed by atoms with Crippen LogP contribution in [-0.4, -0.2) is 55.7 Å². The van der Waals surface area contributed by atoms with Crippen molar-refractivity contribution in [2.24, 2.45) is 0 Å². The van der Waals surface area contributed by atoms with Crippen LogP contribution in [0.1, 0.15) is 34.1 Å². The lowest BCUT2D eigenvalue weighted by molar-refractivity contribution is -0.113. The van der Waals surface area contributed by atoms with Crippen LogP contribution in [0.4, 0.5) is 5.69 Å². The quantitative estimate of drug-likeness (QED) is 0.610. The number of imide groups is 1. The van der Waals surface area contributed by atoms with Crippen LogP contribution in [0, 0.1) is 0 Å². The van der Waals surface area contributed by atoms with Crippen molar-refractivity contribution < 1.29 is 27.5 Å². The molecule has 9 heteroatoms. The number of para-hydroxylation sites is 2. The molecule has 3 amide bonds. The van der Waals surface area contributed by atoms with E-state index < -0.39 is 33.3 Å². The van der Waals surface area contributed by atoms with Gasteiger partial charge < -0.3 is 10.1 Å². The fraction of sp³-hybridized carbons (Fsp3) is 0.286. The zero-order chi connectivity index (χ0) is 21.7. The fourth-order valence-corrected chi connectivity index (χ4v) is 4.38. The summed E-state index contributed by atoms with van der Waals surface area (Å²) in [6, 6.07) is 13.2. The number of benzene rings is 2. The van der Waals surface area contributed by atoms with Crippen LogP contribution < -0.4 is 10.1 Å². The first-order valence-corrected chi connectivity index (χ1v) is 11.3. The van der Waals surface area contributed by atoms with E-state index in [4.69, 9.17) is 4.74 Å². The Bertz CT molecular complexity index is 1050. The van der Waals surface area contributed by atoms with Gasteiger partial charge in [-0.2, -0.15) is 0 Å². The Hall–Kier alpha value is -3.20. The summed E-state index contributed by atoms with van der Waals surface area (Å²) in [5.74, 6) is -2.10. The van der Waals surface area contributed by atoms with Crippen molar-refractivity contribution in [3.05, 3.63) is 59.7 Å². The van der Waals surface area contributed by atoms with Gasteiger partial charge in [0.05, 0.1) is 29.2 Å². The van der Waals surface area contributed by atoms with E-state index in [0.717, 1.165) is 4.90 Å². The fourth-order valence-electron chi connectivity index (χ4n) is 3.19. The van der Waals surface area contributed by atoms with Crippen molar-refractivity contribution in [1.82, 2.24) is 4.90 Å². The molecule has 2 aromatic rings. The molecule has 0 bridgehead atoms. The Kier molecular flexibility index (Phi) is 6.51. The minimum absolute atomic E-state index is 0.0274. The van der Waals surface area contributed by atoms with Crippen LogP contribution in [0.2, 0.25) is 0 Å². The first-order chi connectivity index (χ1) is 14.3. The molecular formula is C21H22N2O6S. The van der Waals surface area contributed by atoms with Crippen LogP contribution in [0.3, 0.4) is 0 Å². The highest BCUT2D eigenvalue weighted by Crippen LogP contribution is 2.24.